The summed E-state index contributed by atoms with van der Waals surface area (Å²) in [6, 6.07) is 8.00. The largest absolute Gasteiger partial charge is 0.490 e. The topological polar surface area (TPSA) is 26.3 Å². The molecular weight excluding hydrogens is 224 g/mol. The van der Waals surface area contributed by atoms with Gasteiger partial charge in [-0.15, -0.1) is 6.58 Å². The summed E-state index contributed by atoms with van der Waals surface area (Å²) < 4.78 is 5.85. The van der Waals surface area contributed by atoms with E-state index in [0.29, 0.717) is 6.42 Å². The van der Waals surface area contributed by atoms with Crippen LogP contribution < -0.4 is 4.74 Å². The van der Waals surface area contributed by atoms with E-state index in [2.05, 4.69) is 13.5 Å². The summed E-state index contributed by atoms with van der Waals surface area (Å²) in [6.45, 7) is 7.46. The van der Waals surface area contributed by atoms with Gasteiger partial charge >= 0.3 is 0 Å². The third-order valence-electron chi connectivity index (χ3n) is 2.88. The maximum atomic E-state index is 10.9. The molecule has 0 saturated heterocycles. The monoisotopic (exact) mass is 246 g/mol. The van der Waals surface area contributed by atoms with Gasteiger partial charge in [0.25, 0.3) is 0 Å². The van der Waals surface area contributed by atoms with Gasteiger partial charge in [-0.1, -0.05) is 25.1 Å². The Hall–Kier alpha value is -1.57. The minimum Gasteiger partial charge on any atom is -0.490 e. The Labute approximate surface area is 110 Å². The van der Waals surface area contributed by atoms with Gasteiger partial charge in [-0.2, -0.15) is 0 Å². The van der Waals surface area contributed by atoms with Crippen molar-refractivity contribution in [3.05, 3.63) is 42.5 Å². The average molecular weight is 246 g/mol. The van der Waals surface area contributed by atoms with Gasteiger partial charge in [-0.25, -0.2) is 0 Å². The van der Waals surface area contributed by atoms with Gasteiger partial charge in [0.1, 0.15) is 17.6 Å². The minimum absolute atomic E-state index is 0.200. The van der Waals surface area contributed by atoms with Crippen molar-refractivity contribution >= 4 is 5.78 Å². The van der Waals surface area contributed by atoms with Crippen LogP contribution >= 0.6 is 0 Å². The van der Waals surface area contributed by atoms with Gasteiger partial charge in [0.2, 0.25) is 0 Å². The summed E-state index contributed by atoms with van der Waals surface area (Å²) in [7, 11) is 0. The molecule has 2 heteroatoms. The number of carbonyl (C=O) groups excluding carboxylic acids is 1. The van der Waals surface area contributed by atoms with Crippen LogP contribution in [0.2, 0.25) is 0 Å². The van der Waals surface area contributed by atoms with Crippen molar-refractivity contribution in [3.8, 4) is 5.75 Å². The first-order chi connectivity index (χ1) is 8.65. The lowest BCUT2D eigenvalue weighted by Crippen LogP contribution is -2.13. The predicted molar refractivity (Wildman–Crippen MR) is 75.0 cm³/mol. The first-order valence-corrected chi connectivity index (χ1v) is 6.51. The van der Waals surface area contributed by atoms with E-state index in [1.807, 2.05) is 30.3 Å². The summed E-state index contributed by atoms with van der Waals surface area (Å²) >= 11 is 0. The molecule has 0 aromatic heterocycles. The van der Waals surface area contributed by atoms with E-state index in [4.69, 9.17) is 4.74 Å². The Kier molecular flexibility index (Phi) is 6.20. The van der Waals surface area contributed by atoms with Gasteiger partial charge < -0.3 is 9.53 Å². The number of aryl methyl sites for hydroxylation is 1. The number of Topliss-reactive ketones (excluding diaryl/α,β-unsaturated/α-hetero) is 1. The number of rotatable bonds is 8. The van der Waals surface area contributed by atoms with Crippen LogP contribution in [0.15, 0.2) is 36.9 Å². The van der Waals surface area contributed by atoms with E-state index in [1.54, 1.807) is 6.92 Å². The fourth-order valence-corrected chi connectivity index (χ4v) is 1.73. The normalized spacial score (nSPS) is 11.9. The summed E-state index contributed by atoms with van der Waals surface area (Å²) in [4.78, 5) is 10.9. The summed E-state index contributed by atoms with van der Waals surface area (Å²) in [6.07, 6.45) is 5.33. The van der Waals surface area contributed by atoms with Crippen LogP contribution in [0.5, 0.6) is 5.75 Å². The van der Waals surface area contributed by atoms with Gasteiger partial charge in [-0.3, -0.25) is 0 Å². The van der Waals surface area contributed by atoms with Crippen molar-refractivity contribution in [2.45, 2.75) is 45.6 Å². The number of carbonyl (C=O) groups is 1. The molecule has 0 aliphatic carbocycles. The molecule has 98 valence electrons. The van der Waals surface area contributed by atoms with E-state index in [9.17, 15) is 4.79 Å². The Morgan fingerprint density at radius 3 is 2.56 bits per heavy atom. The standard InChI is InChI=1S/C16H22O2/c1-4-6-15(5-2)18-16-11-9-14(10-12-16)8-7-13(3)17/h4,9-12,15H,1,5-8H2,2-3H3. The number of ketones is 1. The third kappa shape index (κ3) is 5.17. The van der Waals surface area contributed by atoms with Crippen LogP contribution in [0.4, 0.5) is 0 Å². The first-order valence-electron chi connectivity index (χ1n) is 6.51. The van der Waals surface area contributed by atoms with Crippen molar-refractivity contribution in [1.29, 1.82) is 0 Å². The molecule has 1 unspecified atom stereocenters. The molecule has 1 rings (SSSR count). The van der Waals surface area contributed by atoms with E-state index in [0.717, 1.165) is 25.0 Å². The van der Waals surface area contributed by atoms with Crippen LogP contribution in [0.3, 0.4) is 0 Å². The fourth-order valence-electron chi connectivity index (χ4n) is 1.73. The molecule has 0 saturated carbocycles. The molecule has 0 fully saturated rings. The Morgan fingerprint density at radius 1 is 1.39 bits per heavy atom. The lowest BCUT2D eigenvalue weighted by atomic mass is 10.1. The predicted octanol–water partition coefficient (Wildman–Crippen LogP) is 3.94. The number of hydrogen-bond acceptors (Lipinski definition) is 2. The first kappa shape index (κ1) is 14.5. The number of hydrogen-bond donors (Lipinski definition) is 0. The molecule has 0 radical (unpaired) electrons. The van der Waals surface area contributed by atoms with Gasteiger partial charge in [0, 0.05) is 12.8 Å². The van der Waals surface area contributed by atoms with Crippen molar-refractivity contribution in [2.24, 2.45) is 0 Å². The zero-order chi connectivity index (χ0) is 13.4. The lowest BCUT2D eigenvalue weighted by molar-refractivity contribution is -0.116. The molecular formula is C16H22O2. The highest BCUT2D eigenvalue weighted by atomic mass is 16.5. The van der Waals surface area contributed by atoms with Crippen LogP contribution in [0.1, 0.15) is 38.7 Å². The zero-order valence-electron chi connectivity index (χ0n) is 11.3. The third-order valence-corrected chi connectivity index (χ3v) is 2.88. The Balaban J connectivity index is 2.53. The minimum atomic E-state index is 0.200. The number of ether oxygens (including phenoxy) is 1. The quantitative estimate of drug-likeness (QED) is 0.649. The van der Waals surface area contributed by atoms with Crippen LogP contribution in [-0.4, -0.2) is 11.9 Å². The second-order valence-electron chi connectivity index (χ2n) is 4.52. The maximum Gasteiger partial charge on any atom is 0.130 e. The van der Waals surface area contributed by atoms with Gasteiger partial charge in [0.05, 0.1) is 0 Å². The molecule has 0 aliphatic rings. The highest BCUT2D eigenvalue weighted by Gasteiger charge is 2.05. The van der Waals surface area contributed by atoms with E-state index in [1.165, 1.54) is 5.56 Å². The van der Waals surface area contributed by atoms with E-state index < -0.39 is 0 Å². The zero-order valence-corrected chi connectivity index (χ0v) is 11.3. The molecule has 1 aromatic rings. The average Bonchev–Trinajstić information content (AvgIpc) is 2.37. The molecule has 1 aromatic carbocycles. The molecule has 0 heterocycles. The highest BCUT2D eigenvalue weighted by Crippen LogP contribution is 2.17. The molecule has 0 aliphatic heterocycles. The van der Waals surface area contributed by atoms with Crippen LogP contribution in [-0.2, 0) is 11.2 Å². The van der Waals surface area contributed by atoms with Gasteiger partial charge in [-0.05, 0) is 37.5 Å². The van der Waals surface area contributed by atoms with E-state index >= 15 is 0 Å². The van der Waals surface area contributed by atoms with Crippen molar-refractivity contribution in [3.63, 3.8) is 0 Å². The highest BCUT2D eigenvalue weighted by molar-refractivity contribution is 5.75. The van der Waals surface area contributed by atoms with E-state index in [-0.39, 0.29) is 11.9 Å². The molecule has 0 amide bonds. The van der Waals surface area contributed by atoms with Crippen molar-refractivity contribution in [2.75, 3.05) is 0 Å². The summed E-state index contributed by atoms with van der Waals surface area (Å²) in [5.41, 5.74) is 1.18. The second-order valence-corrected chi connectivity index (χ2v) is 4.52. The van der Waals surface area contributed by atoms with Crippen molar-refractivity contribution < 1.29 is 9.53 Å². The number of benzene rings is 1. The SMILES string of the molecule is C=CCC(CC)Oc1ccc(CCC(C)=O)cc1. The Bertz CT molecular complexity index is 379. The summed E-state index contributed by atoms with van der Waals surface area (Å²) in [5, 5.41) is 0. The smallest absolute Gasteiger partial charge is 0.130 e. The van der Waals surface area contributed by atoms with Crippen molar-refractivity contribution in [1.82, 2.24) is 0 Å². The molecule has 2 nitrogen and oxygen atoms in total. The Morgan fingerprint density at radius 2 is 2.06 bits per heavy atom. The van der Waals surface area contributed by atoms with Crippen LogP contribution in [0.25, 0.3) is 0 Å². The molecule has 1 atom stereocenters. The summed E-state index contributed by atoms with van der Waals surface area (Å²) in [5.74, 6) is 1.11. The molecule has 0 bridgehead atoms. The van der Waals surface area contributed by atoms with Crippen LogP contribution in [0, 0.1) is 0 Å². The lowest BCUT2D eigenvalue weighted by Gasteiger charge is -2.16. The fraction of sp³-hybridized carbons (Fsp3) is 0.438. The molecule has 18 heavy (non-hydrogen) atoms. The second kappa shape index (κ2) is 7.70. The molecule has 0 N–H and O–H groups in total. The maximum absolute atomic E-state index is 10.9. The molecule has 0 spiro atoms. The van der Waals surface area contributed by atoms with Gasteiger partial charge in [0.15, 0.2) is 0 Å².